The van der Waals surface area contributed by atoms with Crippen LogP contribution in [-0.4, -0.2) is 0 Å². The third-order valence-electron chi connectivity index (χ3n) is 1.23. The van der Waals surface area contributed by atoms with Gasteiger partial charge in [-0.15, -0.1) is 0 Å². The first-order valence-corrected chi connectivity index (χ1v) is 2.97. The first-order chi connectivity index (χ1) is 4.86. The van der Waals surface area contributed by atoms with E-state index in [2.05, 4.69) is 6.07 Å². The van der Waals surface area contributed by atoms with Crippen molar-refractivity contribution in [3.05, 3.63) is 35.4 Å². The lowest BCUT2D eigenvalue weighted by atomic mass is 10.1. The van der Waals surface area contributed by atoms with E-state index in [9.17, 15) is 0 Å². The fraction of sp³-hybridized carbons (Fsp3) is 0.125. The molecule has 1 radical (unpaired) electrons. The van der Waals surface area contributed by atoms with Gasteiger partial charge in [-0.05, 0) is 17.7 Å². The minimum absolute atomic E-state index is 0.502. The summed E-state index contributed by atoms with van der Waals surface area (Å²) in [5, 5.41) is 8.39. The molecule has 0 unspecified atom stereocenters. The lowest BCUT2D eigenvalue weighted by Crippen LogP contribution is -1.95. The van der Waals surface area contributed by atoms with Gasteiger partial charge in [0.15, 0.2) is 0 Å². The van der Waals surface area contributed by atoms with Crippen molar-refractivity contribution in [1.29, 1.82) is 5.26 Å². The van der Waals surface area contributed by atoms with Crippen LogP contribution < -0.4 is 5.73 Å². The molecule has 2 N–H and O–H groups in total. The maximum Gasteiger partial charge on any atom is 0.0998 e. The van der Waals surface area contributed by atoms with Crippen molar-refractivity contribution in [3.63, 3.8) is 0 Å². The Bertz CT molecular complexity index is 243. The fourth-order valence-corrected chi connectivity index (χ4v) is 0.654. The van der Waals surface area contributed by atoms with Gasteiger partial charge in [0.25, 0.3) is 0 Å². The Morgan fingerprint density at radius 3 is 2.80 bits per heavy atom. The van der Waals surface area contributed by atoms with Crippen LogP contribution in [-0.2, 0) is 6.54 Å². The third kappa shape index (κ3) is 1.34. The molecule has 0 spiro atoms. The van der Waals surface area contributed by atoms with Crippen LogP contribution in [0.5, 0.6) is 0 Å². The van der Waals surface area contributed by atoms with Crippen LogP contribution in [0, 0.1) is 17.4 Å². The number of nitrogens with zero attached hydrogens (tertiary/aromatic N) is 1. The summed E-state index contributed by atoms with van der Waals surface area (Å²) in [4.78, 5) is 0. The molecule has 1 aromatic carbocycles. The lowest BCUT2D eigenvalue weighted by molar-refractivity contribution is 1.07. The maximum absolute atomic E-state index is 8.39. The summed E-state index contributed by atoms with van der Waals surface area (Å²) >= 11 is 0. The summed E-state index contributed by atoms with van der Waals surface area (Å²) in [5.41, 5.74) is 6.89. The van der Waals surface area contributed by atoms with Gasteiger partial charge in [0.05, 0.1) is 11.6 Å². The van der Waals surface area contributed by atoms with E-state index >= 15 is 0 Å². The van der Waals surface area contributed by atoms with E-state index in [0.29, 0.717) is 12.1 Å². The van der Waals surface area contributed by atoms with E-state index in [-0.39, 0.29) is 0 Å². The van der Waals surface area contributed by atoms with Gasteiger partial charge in [0.2, 0.25) is 0 Å². The van der Waals surface area contributed by atoms with Crippen molar-refractivity contribution in [3.8, 4) is 6.07 Å². The number of rotatable bonds is 1. The van der Waals surface area contributed by atoms with Crippen molar-refractivity contribution in [2.45, 2.75) is 6.54 Å². The Hall–Kier alpha value is -1.33. The molecule has 1 rings (SSSR count). The van der Waals surface area contributed by atoms with E-state index in [0.717, 1.165) is 5.56 Å². The van der Waals surface area contributed by atoms with Crippen LogP contribution >= 0.6 is 0 Å². The minimum Gasteiger partial charge on any atom is -0.326 e. The molecule has 0 atom stereocenters. The molecule has 0 amide bonds. The predicted molar refractivity (Wildman–Crippen MR) is 37.9 cm³/mol. The van der Waals surface area contributed by atoms with Crippen LogP contribution in [0.3, 0.4) is 0 Å². The quantitative estimate of drug-likeness (QED) is 0.613. The van der Waals surface area contributed by atoms with Gasteiger partial charge in [-0.3, -0.25) is 0 Å². The molecule has 0 aliphatic heterocycles. The van der Waals surface area contributed by atoms with Crippen LogP contribution in [0.25, 0.3) is 0 Å². The molecule has 0 heterocycles. The molecule has 0 saturated heterocycles. The molecular weight excluding hydrogens is 124 g/mol. The van der Waals surface area contributed by atoms with Gasteiger partial charge in [-0.1, -0.05) is 6.07 Å². The van der Waals surface area contributed by atoms with Crippen LogP contribution in [0.15, 0.2) is 18.2 Å². The topological polar surface area (TPSA) is 49.8 Å². The zero-order valence-electron chi connectivity index (χ0n) is 5.46. The molecule has 2 heteroatoms. The van der Waals surface area contributed by atoms with E-state index in [1.54, 1.807) is 12.1 Å². The first-order valence-electron chi connectivity index (χ1n) is 2.97. The monoisotopic (exact) mass is 131 g/mol. The van der Waals surface area contributed by atoms with Crippen LogP contribution in [0.2, 0.25) is 0 Å². The fourth-order valence-electron chi connectivity index (χ4n) is 0.654. The summed E-state index contributed by atoms with van der Waals surface area (Å²) in [6.07, 6.45) is 0. The molecule has 0 aliphatic rings. The van der Waals surface area contributed by atoms with Crippen molar-refractivity contribution < 1.29 is 0 Å². The normalized spacial score (nSPS) is 8.80. The number of benzene rings is 1. The van der Waals surface area contributed by atoms with Crippen molar-refractivity contribution >= 4 is 0 Å². The van der Waals surface area contributed by atoms with Crippen LogP contribution in [0.4, 0.5) is 0 Å². The van der Waals surface area contributed by atoms with Crippen molar-refractivity contribution in [2.75, 3.05) is 0 Å². The molecule has 0 bridgehead atoms. The molecule has 0 aliphatic carbocycles. The maximum atomic E-state index is 8.39. The Morgan fingerprint density at radius 1 is 1.60 bits per heavy atom. The number of nitrogens with two attached hydrogens (primary N) is 1. The minimum atomic E-state index is 0.502. The van der Waals surface area contributed by atoms with Crippen LogP contribution in [0.1, 0.15) is 11.1 Å². The number of nitriles is 1. The highest BCUT2D eigenvalue weighted by Gasteiger charge is 1.89. The van der Waals surface area contributed by atoms with Gasteiger partial charge in [0, 0.05) is 12.6 Å². The third-order valence-corrected chi connectivity index (χ3v) is 1.23. The van der Waals surface area contributed by atoms with E-state index in [1.165, 1.54) is 0 Å². The first kappa shape index (κ1) is 6.79. The van der Waals surface area contributed by atoms with Gasteiger partial charge < -0.3 is 5.73 Å². The molecular formula is C8H7N2. The average Bonchev–Trinajstić information content (AvgIpc) is 2.05. The SMILES string of the molecule is N#Cc1[c]cc(CN)cc1. The van der Waals surface area contributed by atoms with Crippen molar-refractivity contribution in [2.24, 2.45) is 5.73 Å². The van der Waals surface area contributed by atoms with Gasteiger partial charge in [0.1, 0.15) is 0 Å². The van der Waals surface area contributed by atoms with E-state index < -0.39 is 0 Å². The molecule has 10 heavy (non-hydrogen) atoms. The van der Waals surface area contributed by atoms with E-state index in [1.807, 2.05) is 12.1 Å². The highest BCUT2D eigenvalue weighted by molar-refractivity contribution is 5.30. The molecule has 0 saturated carbocycles. The Balaban J connectivity index is 2.93. The second-order valence-electron chi connectivity index (χ2n) is 1.93. The lowest BCUT2D eigenvalue weighted by Gasteiger charge is -1.92. The zero-order valence-corrected chi connectivity index (χ0v) is 5.46. The predicted octanol–water partition coefficient (Wildman–Crippen LogP) is 0.817. The standard InChI is InChI=1S/C8H7N2/c9-5-7-1-2-8(6-10)4-3-7/h1-3H,5,9H2. The summed E-state index contributed by atoms with van der Waals surface area (Å²) in [6.45, 7) is 0.502. The Kier molecular flexibility index (Phi) is 2.03. The smallest absolute Gasteiger partial charge is 0.0998 e. The van der Waals surface area contributed by atoms with E-state index in [4.69, 9.17) is 11.0 Å². The summed E-state index contributed by atoms with van der Waals surface area (Å²) in [6, 6.07) is 10.1. The van der Waals surface area contributed by atoms with Gasteiger partial charge >= 0.3 is 0 Å². The molecule has 0 aromatic heterocycles. The molecule has 0 fully saturated rings. The Morgan fingerprint density at radius 2 is 2.40 bits per heavy atom. The zero-order chi connectivity index (χ0) is 7.40. The molecule has 49 valence electrons. The highest BCUT2D eigenvalue weighted by atomic mass is 14.5. The number of hydrogen-bond donors (Lipinski definition) is 1. The number of hydrogen-bond acceptors (Lipinski definition) is 2. The molecule has 1 aromatic rings. The van der Waals surface area contributed by atoms with Crippen molar-refractivity contribution in [1.82, 2.24) is 0 Å². The highest BCUT2D eigenvalue weighted by Crippen LogP contribution is 2.00. The molecule has 2 nitrogen and oxygen atoms in total. The van der Waals surface area contributed by atoms with Gasteiger partial charge in [-0.25, -0.2) is 0 Å². The summed E-state index contributed by atoms with van der Waals surface area (Å²) in [7, 11) is 0. The second kappa shape index (κ2) is 3.00. The second-order valence-corrected chi connectivity index (χ2v) is 1.93. The van der Waals surface area contributed by atoms with Gasteiger partial charge in [-0.2, -0.15) is 5.26 Å². The largest absolute Gasteiger partial charge is 0.326 e. The summed E-state index contributed by atoms with van der Waals surface area (Å²) < 4.78 is 0. The Labute approximate surface area is 59.9 Å². The summed E-state index contributed by atoms with van der Waals surface area (Å²) in [5.74, 6) is 0. The average molecular weight is 131 g/mol.